The number of quaternary nitrogens is 1. The van der Waals surface area contributed by atoms with Gasteiger partial charge in [-0.2, -0.15) is 0 Å². The van der Waals surface area contributed by atoms with Crippen molar-refractivity contribution in [3.63, 3.8) is 0 Å². The van der Waals surface area contributed by atoms with Crippen molar-refractivity contribution in [2.75, 3.05) is 39.1 Å². The highest BCUT2D eigenvalue weighted by Crippen LogP contribution is 2.35. The number of aromatic nitrogens is 1. The molecule has 426 valence electrons. The number of nitrogens with zero attached hydrogens (tertiary/aromatic N) is 3. The lowest BCUT2D eigenvalue weighted by Gasteiger charge is -2.44. The van der Waals surface area contributed by atoms with Crippen molar-refractivity contribution in [3.05, 3.63) is 75.7 Å². The van der Waals surface area contributed by atoms with Gasteiger partial charge in [0.15, 0.2) is 12.1 Å². The smallest absolute Gasteiger partial charge is 0.335 e. The van der Waals surface area contributed by atoms with Crippen LogP contribution < -0.4 is 26.4 Å². The average molecular weight is 1100 g/mol. The zero-order valence-corrected chi connectivity index (χ0v) is 46.4. The number of aliphatic carboxylic acids is 2. The summed E-state index contributed by atoms with van der Waals surface area (Å²) in [5, 5.41) is 61.8. The van der Waals surface area contributed by atoms with Crippen LogP contribution in [-0.2, 0) is 46.4 Å². The number of nitrogens with two attached hydrogens (primary N) is 1. The van der Waals surface area contributed by atoms with Crippen LogP contribution in [0.15, 0.2) is 53.9 Å². The van der Waals surface area contributed by atoms with Crippen LogP contribution in [0.3, 0.4) is 0 Å². The van der Waals surface area contributed by atoms with Gasteiger partial charge >= 0.3 is 11.9 Å². The lowest BCUT2D eigenvalue weighted by Crippen LogP contribution is -2.63. The molecule has 0 saturated carbocycles. The second kappa shape index (κ2) is 28.9. The maximum Gasteiger partial charge on any atom is 0.335 e. The Hall–Kier alpha value is -5.59. The third-order valence-electron chi connectivity index (χ3n) is 14.9. The van der Waals surface area contributed by atoms with Gasteiger partial charge in [-0.15, -0.1) is 11.3 Å². The Morgan fingerprint density at radius 1 is 0.935 bits per heavy atom. The summed E-state index contributed by atoms with van der Waals surface area (Å²) in [5.41, 5.74) is 7.62. The third kappa shape index (κ3) is 16.7. The number of hydrogen-bond acceptors (Lipinski definition) is 15. The van der Waals surface area contributed by atoms with Gasteiger partial charge in [-0.25, -0.2) is 9.78 Å². The number of likely N-dealkylation sites (N-methyl/N-ethyl adjacent to an activating group) is 2. The van der Waals surface area contributed by atoms with Crippen molar-refractivity contribution in [2.45, 2.75) is 167 Å². The zero-order valence-electron chi connectivity index (χ0n) is 45.6. The minimum atomic E-state index is -1.93. The van der Waals surface area contributed by atoms with Gasteiger partial charge in [0.2, 0.25) is 18.1 Å². The highest BCUT2D eigenvalue weighted by Gasteiger charge is 2.49. The topological polar surface area (TPSA) is 310 Å². The first kappa shape index (κ1) is 62.3. The number of rotatable bonds is 28. The average Bonchev–Trinajstić information content (AvgIpc) is 3.89. The van der Waals surface area contributed by atoms with Crippen molar-refractivity contribution in [1.82, 2.24) is 20.5 Å². The number of piperidine rings is 1. The van der Waals surface area contributed by atoms with E-state index in [-0.39, 0.29) is 70.7 Å². The van der Waals surface area contributed by atoms with Gasteiger partial charge in [-0.3, -0.25) is 24.0 Å². The van der Waals surface area contributed by atoms with Crippen LogP contribution in [-0.4, -0.2) is 164 Å². The standard InChI is InChI=1S/C55H81N7O14S/c1-9-24-74-42(51-59-38(30-77-51)49(67)57-36(25-33(6)53(70)71)26-34-16-12-11-13-17-34)28-39(31(3)4)61(7)52(69)44(32(5)10-2)60-50(68)40-18-14-15-23-62(40,8)29-35-19-20-41(37(27-35)58-43(63)21-22-56)75-55-47(66)45(64)46(65)48(76-55)54(72)73/h11-13,16-17,19-20,27,30-33,36,39-40,42,44-48,55,64-66H,9-10,14-15,18,21-26,28-29,56H2,1-8H3,(H4-,57,58,60,63,67,68,70,71,72,73)/p+1/t32-,33-,36+,39+,40+,42+,44-,45+,46-,47-,48-,55+,62?/m0/s1. The number of anilines is 1. The first-order valence-electron chi connectivity index (χ1n) is 26.8. The predicted octanol–water partition coefficient (Wildman–Crippen LogP) is 4.22. The molecule has 0 radical (unpaired) electrons. The van der Waals surface area contributed by atoms with Gasteiger partial charge in [0, 0.05) is 62.5 Å². The van der Waals surface area contributed by atoms with Crippen LogP contribution in [0.1, 0.15) is 126 Å². The predicted molar refractivity (Wildman–Crippen MR) is 287 cm³/mol. The fourth-order valence-corrected chi connectivity index (χ4v) is 11.0. The van der Waals surface area contributed by atoms with Crippen LogP contribution in [0.4, 0.5) is 5.69 Å². The molecular weight excluding hydrogens is 1010 g/mol. The summed E-state index contributed by atoms with van der Waals surface area (Å²) in [7, 11) is 3.71. The minimum Gasteiger partial charge on any atom is -0.481 e. The zero-order chi connectivity index (χ0) is 56.7. The van der Waals surface area contributed by atoms with Crippen molar-refractivity contribution in [1.29, 1.82) is 0 Å². The molecule has 4 amide bonds. The SMILES string of the molecule is CCCO[C@H](C[C@H](C(C)C)N(C)C(=O)[C@@H](NC(=O)[C@H]1CCCC[N+]1(C)Cc1ccc(O[C@@H]2O[C@H](C(=O)O)[C@@H](O)[C@@H](O)[C@@H]2O)c(NC(=O)CCN)c1)[C@@H](C)CC)c1nc(C(=O)N[C@@H](Cc2ccccc2)C[C@H](C)C(=O)O)cs1. The number of carbonyl (C=O) groups excluding carboxylic acids is 4. The normalized spacial score (nSPS) is 23.9. The molecule has 13 atom stereocenters. The summed E-state index contributed by atoms with van der Waals surface area (Å²) in [5.74, 6) is -5.01. The lowest BCUT2D eigenvalue weighted by atomic mass is 9.92. The third-order valence-corrected chi connectivity index (χ3v) is 15.8. The molecule has 2 aliphatic rings. The number of hydrogen-bond donors (Lipinski definition) is 9. The molecule has 77 heavy (non-hydrogen) atoms. The molecule has 10 N–H and O–H groups in total. The molecule has 2 aromatic carbocycles. The molecule has 21 nitrogen and oxygen atoms in total. The number of carboxylic acids is 2. The molecule has 22 heteroatoms. The molecule has 3 heterocycles. The first-order chi connectivity index (χ1) is 36.5. The number of carboxylic acid groups (broad SMARTS) is 2. The van der Waals surface area contributed by atoms with Gasteiger partial charge in [0.05, 0.1) is 25.2 Å². The molecule has 0 bridgehead atoms. The van der Waals surface area contributed by atoms with Crippen LogP contribution in [0.5, 0.6) is 5.75 Å². The Bertz CT molecular complexity index is 2450. The Balaban J connectivity index is 1.34. The van der Waals surface area contributed by atoms with E-state index in [1.165, 1.54) is 17.4 Å². The monoisotopic (exact) mass is 1100 g/mol. The van der Waals surface area contributed by atoms with Gasteiger partial charge in [0.1, 0.15) is 53.5 Å². The maximum atomic E-state index is 14.9. The number of aliphatic hydroxyl groups excluding tert-OH is 3. The molecule has 2 saturated heterocycles. The van der Waals surface area contributed by atoms with Gasteiger partial charge < -0.3 is 70.8 Å². The number of carbonyl (C=O) groups is 6. The maximum absolute atomic E-state index is 14.9. The number of nitrogens with one attached hydrogen (secondary N) is 3. The number of ether oxygens (including phenoxy) is 3. The second-order valence-electron chi connectivity index (χ2n) is 21.3. The molecule has 0 aliphatic carbocycles. The fraction of sp³-hybridized carbons (Fsp3) is 0.618. The first-order valence-corrected chi connectivity index (χ1v) is 27.7. The van der Waals surface area contributed by atoms with E-state index < -0.39 is 84.6 Å². The van der Waals surface area contributed by atoms with Crippen LogP contribution in [0.2, 0.25) is 0 Å². The molecular formula is C55H82N7O14S+. The van der Waals surface area contributed by atoms with Crippen LogP contribution >= 0.6 is 11.3 Å². The molecule has 3 aromatic rings. The number of benzene rings is 2. The van der Waals surface area contributed by atoms with E-state index in [1.807, 2.05) is 72.0 Å². The van der Waals surface area contributed by atoms with E-state index in [9.17, 15) is 54.3 Å². The quantitative estimate of drug-likeness (QED) is 0.0460. The molecule has 2 fully saturated rings. The number of thiazole rings is 1. The van der Waals surface area contributed by atoms with Crippen molar-refractivity contribution in [2.24, 2.45) is 23.5 Å². The van der Waals surface area contributed by atoms with Crippen molar-refractivity contribution in [3.8, 4) is 5.75 Å². The molecule has 2 aliphatic heterocycles. The Morgan fingerprint density at radius 3 is 2.29 bits per heavy atom. The van der Waals surface area contributed by atoms with E-state index in [0.717, 1.165) is 18.4 Å². The fourth-order valence-electron chi connectivity index (χ4n) is 10.1. The summed E-state index contributed by atoms with van der Waals surface area (Å²) >= 11 is 1.28. The van der Waals surface area contributed by atoms with E-state index in [0.29, 0.717) is 62.4 Å². The highest BCUT2D eigenvalue weighted by atomic mass is 32.1. The van der Waals surface area contributed by atoms with Crippen LogP contribution in [0, 0.1) is 17.8 Å². The minimum absolute atomic E-state index is 0.0263. The number of likely N-dealkylation sites (tertiary alicyclic amines) is 1. The van der Waals surface area contributed by atoms with Gasteiger partial charge in [0.25, 0.3) is 11.8 Å². The Kier molecular flexibility index (Phi) is 23.3. The summed E-state index contributed by atoms with van der Waals surface area (Å²) in [6.45, 7) is 12.9. The molecule has 5 rings (SSSR count). The largest absolute Gasteiger partial charge is 0.481 e. The summed E-state index contributed by atoms with van der Waals surface area (Å²) < 4.78 is 17.9. The van der Waals surface area contributed by atoms with Gasteiger partial charge in [-0.05, 0) is 67.7 Å². The molecule has 0 spiro atoms. The number of aliphatic hydroxyl groups is 3. The van der Waals surface area contributed by atoms with E-state index in [4.69, 9.17) is 24.9 Å². The van der Waals surface area contributed by atoms with E-state index >= 15 is 0 Å². The van der Waals surface area contributed by atoms with E-state index in [1.54, 1.807) is 36.4 Å². The highest BCUT2D eigenvalue weighted by molar-refractivity contribution is 7.09. The summed E-state index contributed by atoms with van der Waals surface area (Å²) in [6, 6.07) is 12.1. The molecule has 1 aromatic heterocycles. The van der Waals surface area contributed by atoms with E-state index in [2.05, 4.69) is 16.0 Å². The van der Waals surface area contributed by atoms with Crippen LogP contribution in [0.25, 0.3) is 0 Å². The summed E-state index contributed by atoms with van der Waals surface area (Å²) in [4.78, 5) is 86.4. The van der Waals surface area contributed by atoms with Crippen molar-refractivity contribution < 1.29 is 73.0 Å². The molecule has 1 unspecified atom stereocenters. The Labute approximate surface area is 455 Å². The number of amides is 4. The second-order valence-corrected chi connectivity index (χ2v) is 22.2. The Morgan fingerprint density at radius 2 is 1.65 bits per heavy atom. The van der Waals surface area contributed by atoms with Gasteiger partial charge in [-0.1, -0.05) is 78.3 Å². The van der Waals surface area contributed by atoms with Crippen molar-refractivity contribution >= 4 is 52.6 Å². The lowest BCUT2D eigenvalue weighted by molar-refractivity contribution is -0.942. The summed E-state index contributed by atoms with van der Waals surface area (Å²) in [6.07, 6.45) is -5.55.